The molecule has 1 aliphatic rings. The molecule has 0 amide bonds. The minimum absolute atomic E-state index is 1.07. The first-order chi connectivity index (χ1) is 12.9. The minimum atomic E-state index is 1.07. The monoisotopic (exact) mass is 331 g/mol. The summed E-state index contributed by atoms with van der Waals surface area (Å²) in [5.41, 5.74) is 9.71. The van der Waals surface area contributed by atoms with Gasteiger partial charge in [-0.05, 0) is 28.3 Å². The molecule has 1 aromatic heterocycles. The van der Waals surface area contributed by atoms with E-state index in [1.54, 1.807) is 0 Å². The fourth-order valence-corrected chi connectivity index (χ4v) is 3.81. The van der Waals surface area contributed by atoms with E-state index in [0.29, 0.717) is 0 Å². The molecule has 0 saturated carbocycles. The van der Waals surface area contributed by atoms with Gasteiger partial charge in [0, 0.05) is 22.9 Å². The Bertz CT molecular complexity index is 1020. The molecule has 3 aromatic carbocycles. The molecule has 1 aliphatic carbocycles. The maximum Gasteiger partial charge on any atom is 0.0786 e. The van der Waals surface area contributed by atoms with Crippen molar-refractivity contribution in [2.24, 2.45) is 0 Å². The van der Waals surface area contributed by atoms with Gasteiger partial charge in [-0.25, -0.2) is 0 Å². The van der Waals surface area contributed by atoms with Crippen LogP contribution in [-0.2, 0) is 0 Å². The smallest absolute Gasteiger partial charge is 0.0786 e. The van der Waals surface area contributed by atoms with Crippen LogP contribution in [-0.4, -0.2) is 4.98 Å². The minimum Gasteiger partial charge on any atom is -0.256 e. The van der Waals surface area contributed by atoms with Crippen LogP contribution in [0.25, 0.3) is 22.4 Å². The van der Waals surface area contributed by atoms with Crippen LogP contribution < -0.4 is 0 Å². The summed E-state index contributed by atoms with van der Waals surface area (Å²) >= 11 is 0. The molecule has 122 valence electrons. The zero-order valence-electron chi connectivity index (χ0n) is 14.3. The Morgan fingerprint density at radius 3 is 1.69 bits per heavy atom. The Balaban J connectivity index is 1.93. The average molecular weight is 331 g/mol. The second-order valence-corrected chi connectivity index (χ2v) is 6.43. The van der Waals surface area contributed by atoms with Crippen LogP contribution in [0.5, 0.6) is 0 Å². The van der Waals surface area contributed by atoms with Gasteiger partial charge in [0.1, 0.15) is 0 Å². The van der Waals surface area contributed by atoms with Crippen molar-refractivity contribution in [2.45, 2.75) is 0 Å². The molecule has 26 heavy (non-hydrogen) atoms. The van der Waals surface area contributed by atoms with Crippen molar-refractivity contribution >= 4 is 11.1 Å². The van der Waals surface area contributed by atoms with Gasteiger partial charge in [-0.2, -0.15) is 0 Å². The van der Waals surface area contributed by atoms with E-state index in [-0.39, 0.29) is 0 Å². The second kappa shape index (κ2) is 6.12. The van der Waals surface area contributed by atoms with Gasteiger partial charge in [0.25, 0.3) is 0 Å². The molecule has 0 fully saturated rings. The molecule has 0 radical (unpaired) electrons. The summed E-state index contributed by atoms with van der Waals surface area (Å²) in [6, 6.07) is 34.1. The predicted octanol–water partition coefficient (Wildman–Crippen LogP) is 6.07. The molecule has 0 unspecified atom stereocenters. The van der Waals surface area contributed by atoms with Gasteiger partial charge in [-0.1, -0.05) is 91.0 Å². The normalized spacial score (nSPS) is 11.8. The van der Waals surface area contributed by atoms with Crippen molar-refractivity contribution in [1.29, 1.82) is 0 Å². The number of hydrogen-bond acceptors (Lipinski definition) is 1. The molecular formula is C25H17N. The highest BCUT2D eigenvalue weighted by molar-refractivity contribution is 6.12. The van der Waals surface area contributed by atoms with Gasteiger partial charge >= 0.3 is 0 Å². The summed E-state index contributed by atoms with van der Waals surface area (Å²) in [6.07, 6.45) is 1.88. The number of pyridine rings is 1. The average Bonchev–Trinajstić information content (AvgIpc) is 3.05. The number of nitrogens with zero attached hydrogens (tertiary/aromatic N) is 1. The van der Waals surface area contributed by atoms with Gasteiger partial charge in [0.2, 0.25) is 0 Å². The third-order valence-corrected chi connectivity index (χ3v) is 4.90. The fraction of sp³-hybridized carbons (Fsp3) is 0. The molecule has 4 aromatic rings. The van der Waals surface area contributed by atoms with Crippen molar-refractivity contribution < 1.29 is 0 Å². The van der Waals surface area contributed by atoms with Crippen LogP contribution in [0.1, 0.15) is 22.3 Å². The summed E-state index contributed by atoms with van der Waals surface area (Å²) in [6.45, 7) is 0. The van der Waals surface area contributed by atoms with Crippen molar-refractivity contribution in [2.75, 3.05) is 0 Å². The van der Waals surface area contributed by atoms with E-state index < -0.39 is 0 Å². The molecule has 0 bridgehead atoms. The Kier molecular flexibility index (Phi) is 3.50. The van der Waals surface area contributed by atoms with Crippen LogP contribution in [0.15, 0.2) is 103 Å². The van der Waals surface area contributed by atoms with E-state index in [2.05, 4.69) is 96.0 Å². The van der Waals surface area contributed by atoms with Crippen LogP contribution in [0.3, 0.4) is 0 Å². The zero-order chi connectivity index (χ0) is 17.3. The molecule has 1 heteroatoms. The highest BCUT2D eigenvalue weighted by Crippen LogP contribution is 2.47. The molecule has 1 heterocycles. The lowest BCUT2D eigenvalue weighted by molar-refractivity contribution is 1.33. The number of hydrogen-bond donors (Lipinski definition) is 0. The Hall–Kier alpha value is -3.45. The van der Waals surface area contributed by atoms with Gasteiger partial charge in [0.05, 0.1) is 5.69 Å². The zero-order valence-corrected chi connectivity index (χ0v) is 14.3. The highest BCUT2D eigenvalue weighted by Gasteiger charge is 2.27. The molecule has 0 aliphatic heterocycles. The first kappa shape index (κ1) is 14.9. The van der Waals surface area contributed by atoms with E-state index in [1.807, 2.05) is 12.3 Å². The SMILES string of the molecule is c1ccc(C(=C2c3ccccc3-c3ncccc32)c2ccccc2)cc1. The number of benzene rings is 3. The van der Waals surface area contributed by atoms with Crippen LogP contribution in [0.4, 0.5) is 0 Å². The van der Waals surface area contributed by atoms with Crippen molar-refractivity contribution in [3.8, 4) is 11.3 Å². The van der Waals surface area contributed by atoms with Gasteiger partial charge in [-0.15, -0.1) is 0 Å². The number of rotatable bonds is 2. The van der Waals surface area contributed by atoms with E-state index in [4.69, 9.17) is 0 Å². The van der Waals surface area contributed by atoms with Crippen LogP contribution in [0, 0.1) is 0 Å². The maximum absolute atomic E-state index is 4.69. The Morgan fingerprint density at radius 2 is 1.04 bits per heavy atom. The molecule has 0 N–H and O–H groups in total. The third-order valence-electron chi connectivity index (χ3n) is 4.90. The predicted molar refractivity (Wildman–Crippen MR) is 108 cm³/mol. The molecule has 5 rings (SSSR count). The molecule has 0 spiro atoms. The molecule has 0 saturated heterocycles. The Morgan fingerprint density at radius 1 is 0.500 bits per heavy atom. The maximum atomic E-state index is 4.69. The quantitative estimate of drug-likeness (QED) is 0.382. The standard InChI is InChI=1S/C25H17N/c1-3-10-18(11-4-1)23(19-12-5-2-6-13-19)24-20-14-7-8-15-21(20)25-22(24)16-9-17-26-25/h1-17H. The summed E-state index contributed by atoms with van der Waals surface area (Å²) in [7, 11) is 0. The van der Waals surface area contributed by atoms with E-state index in [9.17, 15) is 0 Å². The van der Waals surface area contributed by atoms with Gasteiger partial charge in [0.15, 0.2) is 0 Å². The highest BCUT2D eigenvalue weighted by atomic mass is 14.7. The second-order valence-electron chi connectivity index (χ2n) is 6.43. The van der Waals surface area contributed by atoms with Crippen molar-refractivity contribution in [3.05, 3.63) is 126 Å². The summed E-state index contributed by atoms with van der Waals surface area (Å²) in [4.78, 5) is 4.69. The summed E-state index contributed by atoms with van der Waals surface area (Å²) in [5.74, 6) is 0. The van der Waals surface area contributed by atoms with E-state index in [0.717, 1.165) is 5.69 Å². The van der Waals surface area contributed by atoms with E-state index in [1.165, 1.54) is 39.0 Å². The third kappa shape index (κ3) is 2.29. The summed E-state index contributed by atoms with van der Waals surface area (Å²) in [5, 5.41) is 0. The molecule has 0 atom stereocenters. The number of aromatic nitrogens is 1. The lowest BCUT2D eigenvalue weighted by atomic mass is 9.88. The van der Waals surface area contributed by atoms with Gasteiger partial charge < -0.3 is 0 Å². The van der Waals surface area contributed by atoms with Crippen molar-refractivity contribution in [3.63, 3.8) is 0 Å². The fourth-order valence-electron chi connectivity index (χ4n) is 3.81. The van der Waals surface area contributed by atoms with Crippen molar-refractivity contribution in [1.82, 2.24) is 4.98 Å². The Labute approximate surface area is 153 Å². The first-order valence-corrected chi connectivity index (χ1v) is 8.84. The molecule has 1 nitrogen and oxygen atoms in total. The van der Waals surface area contributed by atoms with Crippen LogP contribution >= 0.6 is 0 Å². The van der Waals surface area contributed by atoms with Gasteiger partial charge in [-0.3, -0.25) is 4.98 Å². The lowest BCUT2D eigenvalue weighted by Gasteiger charge is -2.14. The lowest BCUT2D eigenvalue weighted by Crippen LogP contribution is -1.94. The summed E-state index contributed by atoms with van der Waals surface area (Å²) < 4.78 is 0. The first-order valence-electron chi connectivity index (χ1n) is 8.84. The largest absolute Gasteiger partial charge is 0.256 e. The topological polar surface area (TPSA) is 12.9 Å². The van der Waals surface area contributed by atoms with Crippen LogP contribution in [0.2, 0.25) is 0 Å². The number of fused-ring (bicyclic) bond motifs is 3. The van der Waals surface area contributed by atoms with E-state index >= 15 is 0 Å². The molecular weight excluding hydrogens is 314 g/mol.